The first-order valence-corrected chi connectivity index (χ1v) is 7.28. The Kier molecular flexibility index (Phi) is 9.14. The molecule has 1 N–H and O–H groups in total. The number of H-pyrrole nitrogens is 1. The highest BCUT2D eigenvalue weighted by molar-refractivity contribution is 5.73. The minimum Gasteiger partial charge on any atom is -0.362 e. The van der Waals surface area contributed by atoms with Crippen molar-refractivity contribution in [2.45, 2.75) is 35.1 Å². The zero-order valence-corrected chi connectivity index (χ0v) is 13.3. The van der Waals surface area contributed by atoms with Gasteiger partial charge in [-0.2, -0.15) is 0 Å². The van der Waals surface area contributed by atoms with Crippen molar-refractivity contribution in [3.8, 4) is 11.8 Å². The van der Waals surface area contributed by atoms with Gasteiger partial charge < -0.3 is 4.98 Å². The number of aryl methyl sites for hydroxylation is 1. The Balaban J connectivity index is 0.00000141. The highest BCUT2D eigenvalue weighted by Gasteiger charge is 1.92. The molecule has 1 heterocycles. The Morgan fingerprint density at radius 3 is 2.50 bits per heavy atom. The molecule has 0 aliphatic heterocycles. The van der Waals surface area contributed by atoms with Crippen molar-refractivity contribution in [2.24, 2.45) is 0 Å². The summed E-state index contributed by atoms with van der Waals surface area (Å²) in [6.07, 6.45) is 5.89. The average Bonchev–Trinajstić information content (AvgIpc) is 2.92. The molecule has 0 saturated heterocycles. The van der Waals surface area contributed by atoms with Crippen molar-refractivity contribution in [1.29, 1.82) is 0 Å². The lowest BCUT2D eigenvalue weighted by Gasteiger charge is -1.93. The molecule has 1 nitrogen and oxygen atoms in total. The van der Waals surface area contributed by atoms with E-state index in [0.29, 0.717) is 0 Å². The molecule has 0 amide bonds. The van der Waals surface area contributed by atoms with Crippen molar-refractivity contribution >= 4 is 12.2 Å². The topological polar surface area (TPSA) is 15.8 Å². The molecule has 0 aliphatic rings. The Morgan fingerprint density at radius 1 is 1.23 bits per heavy atom. The molecule has 0 radical (unpaired) electrons. The van der Waals surface area contributed by atoms with Crippen molar-refractivity contribution in [2.75, 3.05) is 0 Å². The SMILES string of the molecule is C.C=c1[nH]cc/c1=C(C#Cc1cccc(C)c1)/C=C\C.CC. The highest BCUT2D eigenvalue weighted by atomic mass is 14.6. The minimum absolute atomic E-state index is 0. The summed E-state index contributed by atoms with van der Waals surface area (Å²) in [7, 11) is 0. The maximum absolute atomic E-state index is 3.97. The van der Waals surface area contributed by atoms with Crippen LogP contribution in [0.2, 0.25) is 0 Å². The van der Waals surface area contributed by atoms with Gasteiger partial charge in [0.1, 0.15) is 0 Å². The largest absolute Gasteiger partial charge is 0.362 e. The molecular formula is C21H27N. The third kappa shape index (κ3) is 5.50. The van der Waals surface area contributed by atoms with Crippen LogP contribution in [0.1, 0.15) is 39.3 Å². The number of allylic oxidation sites excluding steroid dienone is 2. The first-order valence-electron chi connectivity index (χ1n) is 7.28. The van der Waals surface area contributed by atoms with Crippen LogP contribution in [-0.2, 0) is 0 Å². The lowest BCUT2D eigenvalue weighted by Crippen LogP contribution is -2.22. The summed E-state index contributed by atoms with van der Waals surface area (Å²) in [5.41, 5.74) is 3.23. The minimum atomic E-state index is 0. The summed E-state index contributed by atoms with van der Waals surface area (Å²) in [6, 6.07) is 10.2. The summed E-state index contributed by atoms with van der Waals surface area (Å²) >= 11 is 0. The fourth-order valence-corrected chi connectivity index (χ4v) is 1.88. The van der Waals surface area contributed by atoms with Crippen molar-refractivity contribution in [3.05, 3.63) is 70.4 Å². The summed E-state index contributed by atoms with van der Waals surface area (Å²) < 4.78 is 0. The average molecular weight is 293 g/mol. The number of benzene rings is 1. The monoisotopic (exact) mass is 293 g/mol. The van der Waals surface area contributed by atoms with Crippen LogP contribution in [0.4, 0.5) is 0 Å². The lowest BCUT2D eigenvalue weighted by atomic mass is 10.1. The summed E-state index contributed by atoms with van der Waals surface area (Å²) in [4.78, 5) is 3.08. The number of rotatable bonds is 1. The van der Waals surface area contributed by atoms with Gasteiger partial charge in [-0.3, -0.25) is 0 Å². The fraction of sp³-hybridized carbons (Fsp3) is 0.238. The van der Waals surface area contributed by atoms with Crippen molar-refractivity contribution in [1.82, 2.24) is 4.98 Å². The molecule has 0 spiro atoms. The van der Waals surface area contributed by atoms with Gasteiger partial charge >= 0.3 is 0 Å². The van der Waals surface area contributed by atoms with Crippen molar-refractivity contribution < 1.29 is 0 Å². The molecule has 0 bridgehead atoms. The first-order chi connectivity index (χ1) is 10.2. The van der Waals surface area contributed by atoms with E-state index in [4.69, 9.17) is 0 Å². The molecule has 0 unspecified atom stereocenters. The van der Waals surface area contributed by atoms with E-state index < -0.39 is 0 Å². The smallest absolute Gasteiger partial charge is 0.0393 e. The molecule has 22 heavy (non-hydrogen) atoms. The van der Waals surface area contributed by atoms with E-state index in [1.165, 1.54) is 5.56 Å². The van der Waals surface area contributed by atoms with Gasteiger partial charge in [-0.1, -0.05) is 64.0 Å². The van der Waals surface area contributed by atoms with Gasteiger partial charge in [0.25, 0.3) is 0 Å². The number of nitrogens with one attached hydrogen (secondary N) is 1. The lowest BCUT2D eigenvalue weighted by molar-refractivity contribution is 1.32. The van der Waals surface area contributed by atoms with Gasteiger partial charge in [0, 0.05) is 27.9 Å². The van der Waals surface area contributed by atoms with E-state index in [0.717, 1.165) is 21.7 Å². The Bertz CT molecular complexity index is 764. The van der Waals surface area contributed by atoms with Gasteiger partial charge in [-0.05, 0) is 37.6 Å². The van der Waals surface area contributed by atoms with Crippen LogP contribution >= 0.6 is 0 Å². The molecule has 0 atom stereocenters. The van der Waals surface area contributed by atoms with Gasteiger partial charge in [0.05, 0.1) is 0 Å². The predicted molar refractivity (Wildman–Crippen MR) is 99.9 cm³/mol. The molecular weight excluding hydrogens is 266 g/mol. The highest BCUT2D eigenvalue weighted by Crippen LogP contribution is 2.02. The quantitative estimate of drug-likeness (QED) is 0.759. The molecule has 116 valence electrons. The number of hydrogen-bond acceptors (Lipinski definition) is 0. The Morgan fingerprint density at radius 2 is 1.95 bits per heavy atom. The molecule has 2 rings (SSSR count). The Labute approximate surface area is 135 Å². The number of hydrogen-bond donors (Lipinski definition) is 1. The van der Waals surface area contributed by atoms with Crippen LogP contribution in [0.5, 0.6) is 0 Å². The van der Waals surface area contributed by atoms with Crippen LogP contribution in [0, 0.1) is 18.8 Å². The standard InChI is InChI=1S/C18H17N.C2H6.CH4/c1-4-6-17(18-11-12-19-15(18)3)10-9-16-8-5-7-14(2)13-16;1-2;/h4-8,11-13,19H,3H2,1-2H3;1-2H3;1H4/b6-4-,18-17+;;. The van der Waals surface area contributed by atoms with Crippen LogP contribution < -0.4 is 10.6 Å². The van der Waals surface area contributed by atoms with Gasteiger partial charge in [0.2, 0.25) is 0 Å². The van der Waals surface area contributed by atoms with Crippen molar-refractivity contribution in [3.63, 3.8) is 0 Å². The molecule has 1 heteroatoms. The molecule has 0 fully saturated rings. The van der Waals surface area contributed by atoms with E-state index in [-0.39, 0.29) is 7.43 Å². The molecule has 1 aromatic heterocycles. The van der Waals surface area contributed by atoms with E-state index in [1.807, 2.05) is 57.3 Å². The van der Waals surface area contributed by atoms with Gasteiger partial charge in [-0.15, -0.1) is 0 Å². The van der Waals surface area contributed by atoms with E-state index >= 15 is 0 Å². The van der Waals surface area contributed by atoms with E-state index in [9.17, 15) is 0 Å². The second-order valence-corrected chi connectivity index (χ2v) is 4.40. The van der Waals surface area contributed by atoms with Crippen LogP contribution in [0.3, 0.4) is 0 Å². The summed E-state index contributed by atoms with van der Waals surface area (Å²) in [5, 5.41) is 1.95. The van der Waals surface area contributed by atoms with E-state index in [1.54, 1.807) is 0 Å². The first kappa shape index (κ1) is 19.5. The molecule has 0 saturated carbocycles. The molecule has 2 aromatic rings. The van der Waals surface area contributed by atoms with Gasteiger partial charge in [0.15, 0.2) is 0 Å². The summed E-state index contributed by atoms with van der Waals surface area (Å²) in [5.74, 6) is 6.43. The Hall–Kier alpha value is -2.46. The normalized spacial score (nSPS) is 10.7. The zero-order valence-electron chi connectivity index (χ0n) is 13.3. The molecule has 1 aromatic carbocycles. The van der Waals surface area contributed by atoms with Crippen LogP contribution in [-0.4, -0.2) is 4.98 Å². The zero-order chi connectivity index (χ0) is 15.7. The number of aromatic amines is 1. The van der Waals surface area contributed by atoms with Gasteiger partial charge in [-0.25, -0.2) is 0 Å². The predicted octanol–water partition coefficient (Wildman–Crippen LogP) is 4.17. The maximum Gasteiger partial charge on any atom is 0.0393 e. The van der Waals surface area contributed by atoms with E-state index in [2.05, 4.69) is 42.5 Å². The fourth-order valence-electron chi connectivity index (χ4n) is 1.88. The third-order valence-electron chi connectivity index (χ3n) is 2.82. The molecule has 0 aliphatic carbocycles. The third-order valence-corrected chi connectivity index (χ3v) is 2.82. The number of aromatic nitrogens is 1. The second kappa shape index (κ2) is 10.3. The van der Waals surface area contributed by atoms with Crippen LogP contribution in [0.25, 0.3) is 12.2 Å². The second-order valence-electron chi connectivity index (χ2n) is 4.40. The summed E-state index contributed by atoms with van der Waals surface area (Å²) in [6.45, 7) is 12.0. The van der Waals surface area contributed by atoms with Crippen LogP contribution in [0.15, 0.2) is 48.7 Å². The maximum atomic E-state index is 3.97.